The number of halogens is 2. The van der Waals surface area contributed by atoms with Gasteiger partial charge in [0.1, 0.15) is 0 Å². The van der Waals surface area contributed by atoms with Gasteiger partial charge in [-0.1, -0.05) is 11.6 Å². The molecule has 1 unspecified atom stereocenters. The number of carbonyl (C=O) groups is 2. The summed E-state index contributed by atoms with van der Waals surface area (Å²) in [7, 11) is 0. The number of carbonyl (C=O) groups excluding carboxylic acids is 2. The van der Waals surface area contributed by atoms with Crippen molar-refractivity contribution in [3.63, 3.8) is 0 Å². The van der Waals surface area contributed by atoms with Crippen molar-refractivity contribution in [2.45, 2.75) is 18.9 Å². The van der Waals surface area contributed by atoms with Crippen LogP contribution in [0.25, 0.3) is 0 Å². The Morgan fingerprint density at radius 3 is 2.94 bits per heavy atom. The summed E-state index contributed by atoms with van der Waals surface area (Å²) in [5, 5.41) is 6.18. The average Bonchev–Trinajstić information content (AvgIpc) is 2.35. The minimum absolute atomic E-state index is 0.00928. The molecule has 96 valence electrons. The van der Waals surface area contributed by atoms with Crippen LogP contribution in [0.4, 0.5) is 0 Å². The average molecular weight is 379 g/mol. The van der Waals surface area contributed by atoms with Crippen molar-refractivity contribution in [2.75, 3.05) is 6.54 Å². The molecule has 1 aliphatic heterocycles. The molecule has 0 aromatic heterocycles. The van der Waals surface area contributed by atoms with E-state index in [0.717, 1.165) is 3.57 Å². The molecular formula is C12H12ClIN2O2. The van der Waals surface area contributed by atoms with Gasteiger partial charge in [0, 0.05) is 27.6 Å². The molecule has 1 aliphatic rings. The number of nitrogens with one attached hydrogen (secondary N) is 2. The number of rotatable bonds is 2. The maximum Gasteiger partial charge on any atom is 0.252 e. The van der Waals surface area contributed by atoms with E-state index in [-0.39, 0.29) is 17.9 Å². The lowest BCUT2D eigenvalue weighted by molar-refractivity contribution is -0.122. The summed E-state index contributed by atoms with van der Waals surface area (Å²) in [6.45, 7) is 0.488. The summed E-state index contributed by atoms with van der Waals surface area (Å²) in [6.07, 6.45) is 1.13. The second kappa shape index (κ2) is 5.88. The highest BCUT2D eigenvalue weighted by molar-refractivity contribution is 14.1. The van der Waals surface area contributed by atoms with Crippen LogP contribution in [0.5, 0.6) is 0 Å². The largest absolute Gasteiger partial charge is 0.354 e. The van der Waals surface area contributed by atoms with E-state index in [0.29, 0.717) is 30.0 Å². The predicted octanol–water partition coefficient (Wildman–Crippen LogP) is 1.95. The molecule has 18 heavy (non-hydrogen) atoms. The lowest BCUT2D eigenvalue weighted by Gasteiger charge is -2.23. The van der Waals surface area contributed by atoms with E-state index in [1.807, 2.05) is 0 Å². The van der Waals surface area contributed by atoms with E-state index in [9.17, 15) is 9.59 Å². The van der Waals surface area contributed by atoms with Gasteiger partial charge < -0.3 is 10.6 Å². The van der Waals surface area contributed by atoms with Crippen molar-refractivity contribution >= 4 is 46.0 Å². The third-order valence-corrected chi connectivity index (χ3v) is 3.95. The maximum absolute atomic E-state index is 12.1. The van der Waals surface area contributed by atoms with E-state index >= 15 is 0 Å². The standard InChI is InChI=1S/C12H12ClIN2O2/c13-7-1-3-10(14)9(5-7)12(18)16-8-2-4-11(17)15-6-8/h1,3,5,8H,2,4,6H2,(H,15,17)(H,16,18). The molecule has 0 aliphatic carbocycles. The third kappa shape index (κ3) is 3.35. The van der Waals surface area contributed by atoms with Crippen LogP contribution in [-0.4, -0.2) is 24.4 Å². The van der Waals surface area contributed by atoms with Crippen LogP contribution in [0.1, 0.15) is 23.2 Å². The van der Waals surface area contributed by atoms with Gasteiger partial charge in [-0.05, 0) is 47.2 Å². The maximum atomic E-state index is 12.1. The van der Waals surface area contributed by atoms with Crippen molar-refractivity contribution < 1.29 is 9.59 Å². The SMILES string of the molecule is O=C1CCC(NC(=O)c2cc(Cl)ccc2I)CN1. The minimum atomic E-state index is -0.150. The molecule has 1 fully saturated rings. The Balaban J connectivity index is 2.03. The molecule has 0 radical (unpaired) electrons. The Labute approximate surface area is 124 Å². The molecule has 6 heteroatoms. The van der Waals surface area contributed by atoms with E-state index in [4.69, 9.17) is 11.6 Å². The van der Waals surface area contributed by atoms with E-state index in [1.165, 1.54) is 0 Å². The van der Waals surface area contributed by atoms with E-state index in [1.54, 1.807) is 18.2 Å². The number of piperidine rings is 1. The number of hydrogen-bond donors (Lipinski definition) is 2. The highest BCUT2D eigenvalue weighted by Gasteiger charge is 2.21. The lowest BCUT2D eigenvalue weighted by Crippen LogP contribution is -2.47. The first-order valence-electron chi connectivity index (χ1n) is 5.59. The zero-order valence-electron chi connectivity index (χ0n) is 9.50. The molecule has 0 saturated carbocycles. The molecule has 0 spiro atoms. The zero-order valence-corrected chi connectivity index (χ0v) is 12.4. The Bertz CT molecular complexity index is 483. The highest BCUT2D eigenvalue weighted by atomic mass is 127. The van der Waals surface area contributed by atoms with E-state index in [2.05, 4.69) is 33.2 Å². The lowest BCUT2D eigenvalue weighted by atomic mass is 10.1. The van der Waals surface area contributed by atoms with Gasteiger partial charge in [-0.15, -0.1) is 0 Å². The van der Waals surface area contributed by atoms with Gasteiger partial charge in [0.05, 0.1) is 5.56 Å². The Hall–Kier alpha value is -0.820. The third-order valence-electron chi connectivity index (χ3n) is 2.77. The summed E-state index contributed by atoms with van der Waals surface area (Å²) < 4.78 is 0.856. The van der Waals surface area contributed by atoms with Crippen molar-refractivity contribution in [2.24, 2.45) is 0 Å². The molecule has 2 rings (SSSR count). The highest BCUT2D eigenvalue weighted by Crippen LogP contribution is 2.18. The van der Waals surface area contributed by atoms with Crippen molar-refractivity contribution in [3.8, 4) is 0 Å². The smallest absolute Gasteiger partial charge is 0.252 e. The summed E-state index contributed by atoms with van der Waals surface area (Å²) in [4.78, 5) is 23.1. The molecule has 2 N–H and O–H groups in total. The van der Waals surface area contributed by atoms with Crippen LogP contribution in [0.3, 0.4) is 0 Å². The van der Waals surface area contributed by atoms with Gasteiger partial charge >= 0.3 is 0 Å². The molecule has 0 bridgehead atoms. The predicted molar refractivity (Wildman–Crippen MR) is 77.7 cm³/mol. The van der Waals surface area contributed by atoms with Gasteiger partial charge in [-0.3, -0.25) is 9.59 Å². The Morgan fingerprint density at radius 2 is 2.28 bits per heavy atom. The minimum Gasteiger partial charge on any atom is -0.354 e. The number of benzene rings is 1. The summed E-state index contributed by atoms with van der Waals surface area (Å²) in [6, 6.07) is 5.20. The molecular weight excluding hydrogens is 367 g/mol. The van der Waals surface area contributed by atoms with Crippen LogP contribution in [0.2, 0.25) is 5.02 Å². The second-order valence-corrected chi connectivity index (χ2v) is 5.74. The van der Waals surface area contributed by atoms with E-state index < -0.39 is 0 Å². The van der Waals surface area contributed by atoms with Crippen LogP contribution >= 0.6 is 34.2 Å². The zero-order chi connectivity index (χ0) is 13.1. The Kier molecular flexibility index (Phi) is 4.45. The molecule has 1 aromatic carbocycles. The number of hydrogen-bond acceptors (Lipinski definition) is 2. The van der Waals surface area contributed by atoms with Crippen LogP contribution < -0.4 is 10.6 Å². The fraction of sp³-hybridized carbons (Fsp3) is 0.333. The molecule has 1 saturated heterocycles. The molecule has 1 aromatic rings. The second-order valence-electron chi connectivity index (χ2n) is 4.14. The fourth-order valence-corrected chi connectivity index (χ4v) is 2.54. The summed E-state index contributed by atoms with van der Waals surface area (Å²) in [5.74, 6) is -0.110. The van der Waals surface area contributed by atoms with Crippen molar-refractivity contribution in [1.82, 2.24) is 10.6 Å². The normalized spacial score (nSPS) is 19.2. The molecule has 1 atom stereocenters. The fourth-order valence-electron chi connectivity index (χ4n) is 1.79. The Morgan fingerprint density at radius 1 is 1.50 bits per heavy atom. The quantitative estimate of drug-likeness (QED) is 0.773. The molecule has 1 heterocycles. The summed E-state index contributed by atoms with van der Waals surface area (Å²) in [5.41, 5.74) is 0.569. The van der Waals surface area contributed by atoms with Gasteiger partial charge in [0.2, 0.25) is 5.91 Å². The molecule has 2 amide bonds. The van der Waals surface area contributed by atoms with Crippen molar-refractivity contribution in [3.05, 3.63) is 32.4 Å². The van der Waals surface area contributed by atoms with Gasteiger partial charge in [-0.25, -0.2) is 0 Å². The topological polar surface area (TPSA) is 58.2 Å². The van der Waals surface area contributed by atoms with Gasteiger partial charge in [0.25, 0.3) is 5.91 Å². The van der Waals surface area contributed by atoms with Crippen molar-refractivity contribution in [1.29, 1.82) is 0 Å². The van der Waals surface area contributed by atoms with Gasteiger partial charge in [0.15, 0.2) is 0 Å². The van der Waals surface area contributed by atoms with Gasteiger partial charge in [-0.2, -0.15) is 0 Å². The monoisotopic (exact) mass is 378 g/mol. The number of amides is 2. The van der Waals surface area contributed by atoms with Crippen LogP contribution in [-0.2, 0) is 4.79 Å². The first-order valence-corrected chi connectivity index (χ1v) is 7.04. The molecule has 4 nitrogen and oxygen atoms in total. The first-order chi connectivity index (χ1) is 8.56. The van der Waals surface area contributed by atoms with Crippen LogP contribution in [0.15, 0.2) is 18.2 Å². The first kappa shape index (κ1) is 13.6. The van der Waals surface area contributed by atoms with Crippen LogP contribution in [0, 0.1) is 3.57 Å². The summed E-state index contributed by atoms with van der Waals surface area (Å²) >= 11 is 7.98.